The number of esters is 1. The van der Waals surface area contributed by atoms with Gasteiger partial charge < -0.3 is 20.1 Å². The standard InChI is InChI=1S/C26H44O5.CH4/c1-5-31-23(30)9-6-15(2)18-7-8-19-24-20(14-22(29)26(18,19)4)25(3)11-10-17(27)12-16(25)13-21(24)28;/h15-22,24,27-29H,5-14H2,1-4H3;1H4/t15-,16-,17+,18-,19+,20+,21-,22+,24+,25+,26-;/m1./s1. The second kappa shape index (κ2) is 9.54. The smallest absolute Gasteiger partial charge is 0.305 e. The third kappa shape index (κ3) is 4.05. The molecule has 4 fully saturated rings. The number of carbonyl (C=O) groups excluding carboxylic acids is 1. The Balaban J connectivity index is 0.00000289. The van der Waals surface area contributed by atoms with E-state index in [1.54, 1.807) is 0 Å². The molecule has 4 rings (SSSR count). The van der Waals surface area contributed by atoms with Gasteiger partial charge in [-0.3, -0.25) is 4.79 Å². The van der Waals surface area contributed by atoms with Gasteiger partial charge in [0.05, 0.1) is 24.9 Å². The average Bonchev–Trinajstić information content (AvgIpc) is 3.07. The fourth-order valence-electron chi connectivity index (χ4n) is 8.91. The zero-order chi connectivity index (χ0) is 22.6. The summed E-state index contributed by atoms with van der Waals surface area (Å²) in [4.78, 5) is 11.9. The molecule has 0 aromatic carbocycles. The van der Waals surface area contributed by atoms with Crippen LogP contribution in [0.3, 0.4) is 0 Å². The van der Waals surface area contributed by atoms with Crippen molar-refractivity contribution < 1.29 is 24.9 Å². The van der Waals surface area contributed by atoms with Crippen LogP contribution in [0.1, 0.15) is 92.9 Å². The highest BCUT2D eigenvalue weighted by Crippen LogP contribution is 2.68. The highest BCUT2D eigenvalue weighted by atomic mass is 16.5. The van der Waals surface area contributed by atoms with Crippen LogP contribution in [0.2, 0.25) is 0 Å². The van der Waals surface area contributed by atoms with E-state index in [1.807, 2.05) is 6.92 Å². The first-order chi connectivity index (χ1) is 14.6. The molecule has 11 atom stereocenters. The number of ether oxygens (including phenoxy) is 1. The van der Waals surface area contributed by atoms with Crippen molar-refractivity contribution in [3.63, 3.8) is 0 Å². The molecule has 0 aliphatic heterocycles. The molecule has 0 unspecified atom stereocenters. The number of carbonyl (C=O) groups is 1. The summed E-state index contributed by atoms with van der Waals surface area (Å²) < 4.78 is 5.12. The van der Waals surface area contributed by atoms with E-state index in [0.717, 1.165) is 51.4 Å². The minimum absolute atomic E-state index is 0. The topological polar surface area (TPSA) is 87.0 Å². The second-order valence-corrected chi connectivity index (χ2v) is 11.8. The van der Waals surface area contributed by atoms with Gasteiger partial charge in [-0.1, -0.05) is 28.2 Å². The van der Waals surface area contributed by atoms with Crippen LogP contribution in [0.5, 0.6) is 0 Å². The lowest BCUT2D eigenvalue weighted by Crippen LogP contribution is -2.62. The van der Waals surface area contributed by atoms with Crippen LogP contribution in [0.25, 0.3) is 0 Å². The lowest BCUT2D eigenvalue weighted by Gasteiger charge is -2.63. The molecule has 0 bridgehead atoms. The maximum Gasteiger partial charge on any atom is 0.305 e. The summed E-state index contributed by atoms with van der Waals surface area (Å²) in [5.74, 6) is 1.84. The summed E-state index contributed by atoms with van der Waals surface area (Å²) in [6, 6.07) is 0. The third-order valence-corrected chi connectivity index (χ3v) is 10.6. The summed E-state index contributed by atoms with van der Waals surface area (Å²) in [5, 5.41) is 33.1. The molecule has 32 heavy (non-hydrogen) atoms. The highest BCUT2D eigenvalue weighted by Gasteiger charge is 2.65. The van der Waals surface area contributed by atoms with Gasteiger partial charge in [0.1, 0.15) is 0 Å². The lowest BCUT2D eigenvalue weighted by atomic mass is 9.43. The molecule has 0 radical (unpaired) electrons. The van der Waals surface area contributed by atoms with Crippen molar-refractivity contribution in [1.29, 1.82) is 0 Å². The Labute approximate surface area is 195 Å². The van der Waals surface area contributed by atoms with E-state index in [1.165, 1.54) is 0 Å². The molecule has 0 heterocycles. The Kier molecular flexibility index (Phi) is 7.74. The van der Waals surface area contributed by atoms with Crippen molar-refractivity contribution >= 4 is 5.97 Å². The molecule has 0 aromatic rings. The first kappa shape index (κ1) is 26.0. The van der Waals surface area contributed by atoms with Gasteiger partial charge in [-0.05, 0) is 105 Å². The zero-order valence-electron chi connectivity index (χ0n) is 19.9. The third-order valence-electron chi connectivity index (χ3n) is 10.6. The van der Waals surface area contributed by atoms with E-state index in [9.17, 15) is 20.1 Å². The van der Waals surface area contributed by atoms with Gasteiger partial charge >= 0.3 is 5.97 Å². The summed E-state index contributed by atoms with van der Waals surface area (Å²) >= 11 is 0. The zero-order valence-corrected chi connectivity index (χ0v) is 19.9. The van der Waals surface area contributed by atoms with Crippen molar-refractivity contribution in [3.05, 3.63) is 0 Å². The molecular weight excluding hydrogens is 404 g/mol. The van der Waals surface area contributed by atoms with Gasteiger partial charge in [0.25, 0.3) is 0 Å². The number of fused-ring (bicyclic) bond motifs is 5. The van der Waals surface area contributed by atoms with Crippen LogP contribution in [-0.4, -0.2) is 46.2 Å². The minimum atomic E-state index is -0.370. The first-order valence-electron chi connectivity index (χ1n) is 12.8. The molecule has 4 aliphatic carbocycles. The maximum atomic E-state index is 11.9. The number of hydrogen-bond donors (Lipinski definition) is 3. The molecule has 5 nitrogen and oxygen atoms in total. The van der Waals surface area contributed by atoms with E-state index < -0.39 is 0 Å². The van der Waals surface area contributed by atoms with E-state index in [2.05, 4.69) is 20.8 Å². The number of aliphatic hydroxyl groups excluding tert-OH is 3. The van der Waals surface area contributed by atoms with E-state index in [4.69, 9.17) is 4.74 Å². The molecule has 4 aliphatic rings. The van der Waals surface area contributed by atoms with E-state index in [0.29, 0.717) is 42.6 Å². The number of aliphatic hydroxyl groups is 3. The fourth-order valence-corrected chi connectivity index (χ4v) is 8.91. The van der Waals surface area contributed by atoms with E-state index >= 15 is 0 Å². The Morgan fingerprint density at radius 2 is 1.78 bits per heavy atom. The molecule has 3 N–H and O–H groups in total. The van der Waals surface area contributed by atoms with Crippen LogP contribution in [0.15, 0.2) is 0 Å². The van der Waals surface area contributed by atoms with Crippen LogP contribution in [0.4, 0.5) is 0 Å². The molecule has 0 amide bonds. The summed E-state index contributed by atoms with van der Waals surface area (Å²) in [7, 11) is 0. The quantitative estimate of drug-likeness (QED) is 0.532. The predicted molar refractivity (Wildman–Crippen MR) is 126 cm³/mol. The van der Waals surface area contributed by atoms with Crippen molar-refractivity contribution in [3.8, 4) is 0 Å². The van der Waals surface area contributed by atoms with Crippen molar-refractivity contribution in [2.24, 2.45) is 46.3 Å². The SMILES string of the molecule is C.CCOC(=O)CC[C@@H](C)[C@H]1CC[C@H]2[C@@H]3[C@H](O)C[C@H]4C[C@@H](O)CC[C@]4(C)[C@H]3C[C@H](O)[C@]12C. The molecule has 4 saturated carbocycles. The lowest BCUT2D eigenvalue weighted by molar-refractivity contribution is -0.207. The van der Waals surface area contributed by atoms with Crippen LogP contribution >= 0.6 is 0 Å². The van der Waals surface area contributed by atoms with Gasteiger partial charge in [-0.2, -0.15) is 0 Å². The normalized spacial score (nSPS) is 48.6. The fraction of sp³-hybridized carbons (Fsp3) is 0.963. The Morgan fingerprint density at radius 3 is 2.47 bits per heavy atom. The van der Waals surface area contributed by atoms with Crippen molar-refractivity contribution in [2.75, 3.05) is 6.61 Å². The van der Waals surface area contributed by atoms with Gasteiger partial charge in [0, 0.05) is 6.42 Å². The summed E-state index contributed by atoms with van der Waals surface area (Å²) in [6.07, 6.45) is 6.62. The van der Waals surface area contributed by atoms with Crippen LogP contribution in [0, 0.1) is 46.3 Å². The van der Waals surface area contributed by atoms with Gasteiger partial charge in [0.2, 0.25) is 0 Å². The summed E-state index contributed by atoms with van der Waals surface area (Å²) in [6.45, 7) is 9.13. The maximum absolute atomic E-state index is 11.9. The van der Waals surface area contributed by atoms with Crippen LogP contribution < -0.4 is 0 Å². The number of hydrogen-bond acceptors (Lipinski definition) is 5. The molecule has 0 aromatic heterocycles. The Hall–Kier alpha value is -0.650. The molecule has 0 spiro atoms. The molecule has 186 valence electrons. The largest absolute Gasteiger partial charge is 0.466 e. The Morgan fingerprint density at radius 1 is 1.06 bits per heavy atom. The number of rotatable bonds is 5. The molecule has 0 saturated heterocycles. The minimum Gasteiger partial charge on any atom is -0.466 e. The molecule has 5 heteroatoms. The highest BCUT2D eigenvalue weighted by molar-refractivity contribution is 5.69. The first-order valence-corrected chi connectivity index (χ1v) is 12.8. The second-order valence-electron chi connectivity index (χ2n) is 11.8. The van der Waals surface area contributed by atoms with Gasteiger partial charge in [-0.15, -0.1) is 0 Å². The van der Waals surface area contributed by atoms with Gasteiger partial charge in [0.15, 0.2) is 0 Å². The predicted octanol–water partition coefficient (Wildman–Crippen LogP) is 4.56. The van der Waals surface area contributed by atoms with Gasteiger partial charge in [-0.25, -0.2) is 0 Å². The van der Waals surface area contributed by atoms with E-state index in [-0.39, 0.29) is 48.5 Å². The Bertz CT molecular complexity index is 666. The molecular formula is C27H48O5. The monoisotopic (exact) mass is 452 g/mol. The summed E-state index contributed by atoms with van der Waals surface area (Å²) in [5.41, 5.74) is -0.0906. The van der Waals surface area contributed by atoms with Crippen LogP contribution in [-0.2, 0) is 9.53 Å². The van der Waals surface area contributed by atoms with Crippen molar-refractivity contribution in [2.45, 2.75) is 111 Å². The average molecular weight is 453 g/mol. The van der Waals surface area contributed by atoms with Crippen molar-refractivity contribution in [1.82, 2.24) is 0 Å².